The van der Waals surface area contributed by atoms with Gasteiger partial charge < -0.3 is 69.5 Å². The molecule has 1 saturated heterocycles. The quantitative estimate of drug-likeness (QED) is 0.00657. The van der Waals surface area contributed by atoms with E-state index in [0.29, 0.717) is 70.6 Å². The fourth-order valence-electron chi connectivity index (χ4n) is 20.4. The minimum absolute atomic E-state index is 0.0128. The number of anilines is 4. The number of H-pyrrole nitrogens is 2. The Balaban J connectivity index is 0.000000151. The smallest absolute Gasteiger partial charge is 0.481 e. The number of aliphatic carboxylic acids is 1. The fraction of sp³-hybridized carbons (Fsp3) is 0.544. The maximum absolute atomic E-state index is 14.7. The Kier molecular flexibility index (Phi) is 36.9. The summed E-state index contributed by atoms with van der Waals surface area (Å²) in [6.45, 7) is 26.9. The lowest BCUT2D eigenvalue weighted by atomic mass is 9.79. The van der Waals surface area contributed by atoms with E-state index in [1.807, 2.05) is 59.4 Å². The van der Waals surface area contributed by atoms with Crippen molar-refractivity contribution in [1.29, 1.82) is 0 Å². The van der Waals surface area contributed by atoms with Crippen molar-refractivity contribution in [3.63, 3.8) is 0 Å². The van der Waals surface area contributed by atoms with Gasteiger partial charge in [0, 0.05) is 78.5 Å². The third-order valence-electron chi connectivity index (χ3n) is 29.8. The van der Waals surface area contributed by atoms with Crippen molar-refractivity contribution in [2.45, 2.75) is 292 Å². The summed E-state index contributed by atoms with van der Waals surface area (Å²) >= 11 is 5.73. The molecule has 5 saturated carbocycles. The predicted octanol–water partition coefficient (Wildman–Crippen LogP) is 19.6. The van der Waals surface area contributed by atoms with Gasteiger partial charge in [-0.3, -0.25) is 34.2 Å². The summed E-state index contributed by atoms with van der Waals surface area (Å²) in [4.78, 5) is 108. The number of carbonyl (C=O) groups excluding carboxylic acids is 4. The van der Waals surface area contributed by atoms with Crippen molar-refractivity contribution in [2.24, 2.45) is 46.9 Å². The molecule has 1 aliphatic heterocycles. The highest BCUT2D eigenvalue weighted by Crippen LogP contribution is 2.49. The molecule has 18 rings (SSSR count). The number of nitrogens with zero attached hydrogens (tertiary/aromatic N) is 16. The van der Waals surface area contributed by atoms with Gasteiger partial charge in [0.2, 0.25) is 5.28 Å². The van der Waals surface area contributed by atoms with Gasteiger partial charge in [-0.25, -0.2) is 89.9 Å². The van der Waals surface area contributed by atoms with Crippen molar-refractivity contribution in [3.05, 3.63) is 138 Å². The number of hydrogen-bond donors (Lipinski definition) is 8. The number of carboxylic acid groups (broad SMARTS) is 1. The molecule has 148 heavy (non-hydrogen) atoms. The third-order valence-corrected chi connectivity index (χ3v) is 30.0. The molecule has 0 spiro atoms. The largest absolute Gasteiger partial charge is 0.497 e. The molecule has 5 atom stereocenters. The van der Waals surface area contributed by atoms with Gasteiger partial charge in [0.05, 0.1) is 130 Å². The number of esters is 4. The molecular formula is C103H131BClF8N23O12. The van der Waals surface area contributed by atoms with E-state index >= 15 is 0 Å². The monoisotopic (exact) mass is 2080 g/mol. The zero-order valence-corrected chi connectivity index (χ0v) is 86.9. The van der Waals surface area contributed by atoms with Crippen molar-refractivity contribution in [3.8, 4) is 34.4 Å². The zero-order chi connectivity index (χ0) is 107. The van der Waals surface area contributed by atoms with Crippen LogP contribution in [0.25, 0.3) is 78.6 Å². The van der Waals surface area contributed by atoms with Gasteiger partial charge in [0.15, 0.2) is 75.3 Å². The van der Waals surface area contributed by atoms with Crippen LogP contribution < -0.4 is 32.5 Å². The molecule has 5 unspecified atom stereocenters. The van der Waals surface area contributed by atoms with Crippen LogP contribution in [-0.4, -0.2) is 199 Å². The topological polar surface area (TPSA) is 457 Å². The Morgan fingerprint density at radius 3 is 1.09 bits per heavy atom. The second-order valence-corrected chi connectivity index (χ2v) is 41.4. The lowest BCUT2D eigenvalue weighted by molar-refractivity contribution is -0.145. The van der Waals surface area contributed by atoms with Crippen LogP contribution in [0.5, 0.6) is 0 Å². The Bertz CT molecular complexity index is 6630. The highest BCUT2D eigenvalue weighted by atomic mass is 35.5. The van der Waals surface area contributed by atoms with Gasteiger partial charge in [-0.2, -0.15) is 15.2 Å². The van der Waals surface area contributed by atoms with Crippen molar-refractivity contribution in [2.75, 3.05) is 47.7 Å². The predicted molar refractivity (Wildman–Crippen MR) is 542 cm³/mol. The molecule has 0 radical (unpaired) electrons. The Morgan fingerprint density at radius 2 is 0.716 bits per heavy atom. The van der Waals surface area contributed by atoms with Crippen LogP contribution in [-0.2, 0) is 66.3 Å². The maximum atomic E-state index is 14.7. The normalized spacial score (nSPS) is 17.8. The molecule has 9 N–H and O–H groups in total. The van der Waals surface area contributed by atoms with Crippen molar-refractivity contribution >= 4 is 121 Å². The van der Waals surface area contributed by atoms with E-state index in [-0.39, 0.29) is 165 Å². The summed E-state index contributed by atoms with van der Waals surface area (Å²) in [6.07, 6.45) is 33.4. The number of ether oxygens (including phenoxy) is 4. The minimum Gasteiger partial charge on any atom is -0.481 e. The van der Waals surface area contributed by atoms with E-state index in [2.05, 4.69) is 129 Å². The van der Waals surface area contributed by atoms with Crippen molar-refractivity contribution < 1.29 is 92.5 Å². The number of aryl methyl sites for hydroxylation is 2. The van der Waals surface area contributed by atoms with E-state index < -0.39 is 71.1 Å². The number of carbonyl (C=O) groups is 5. The van der Waals surface area contributed by atoms with E-state index in [1.54, 1.807) is 38.6 Å². The zero-order valence-electron chi connectivity index (χ0n) is 86.1. The number of aromatic nitrogens is 18. The lowest BCUT2D eigenvalue weighted by Crippen LogP contribution is -2.41. The minimum atomic E-state index is -0.966. The second-order valence-electron chi connectivity index (χ2n) is 41.1. The van der Waals surface area contributed by atoms with Gasteiger partial charge in [0.1, 0.15) is 46.0 Å². The third kappa shape index (κ3) is 27.4. The first kappa shape index (κ1) is 112. The standard InChI is InChI=1S/C23H27F2N5O2.C21H24F2N6O2.C19H20F2N6O2.C15H21ClFN3O2.C14H18BFN2O2.C11H21NO2/c1-4-32-19(31)10-18(23(2)7-5-6-8-23)28-21-17(25)12-26-20(29-21)16-13-30(3)22-15(16)9-14(24)11-27-22;1-3-31-16(30)9-15(21(2)6-4-5-7-21)26-19-14(23)11-25-20(27-19)17-13-8-12(22)10-24-18(13)29-28-17;1-19(4-2-3-5-19)13(7-14(28)29)24-17-12(21)9-23-18(25-17)15-11-6-10(20)8-22-16(11)27-26-15;1-3-22-12(21)8-11(15(2)6-4-5-7-15)19-13-10(17)9-18-14(16)20-13;1-13(2)14(3,4)20-15(19-13)11-8-18(5)12-10(11)6-9(16)7-17-12;1-3-14-10(13)8-9(12)11(2)6-4-5-7-11/h9,11-13,18H,4-8,10H2,1-3H3,(H,26,28,29);8,10-11,15H,3-7,9H2,1-2H3,(H,24,28,29)(H,25,26,27);6,8-9,13H,2-5,7H2,1H3,(H,28,29)(H,22,26,27)(H,23,24,25);9,11H,3-8H2,1-2H3,(H,18,19,20);6-8H,1-5H3;9H,3-8,12H2,1-2H3. The first-order valence-corrected chi connectivity index (χ1v) is 50.7. The maximum Gasteiger partial charge on any atom is 0.497 e. The highest BCUT2D eigenvalue weighted by molar-refractivity contribution is 6.65. The SMILES string of the molecule is CC1(C(CC(=O)O)Nc2nc(-c3[nH]nc4ncc(F)cc34)ncc2F)CCCC1.CCOC(=O)CC(N)C1(C)CCCC1.CCOC(=O)CC(Nc1nc(-c2[nH]nc3ncc(F)cc23)ncc1F)C1(C)CCCC1.CCOC(=O)CC(Nc1nc(-c2cn(C)c3ncc(F)cc23)ncc1F)C1(C)CCCC1.CCOC(=O)CC(Nc1nc(Cl)ncc1F)C1(C)CCCC1.Cn1cc(B2OC(C)(C)C(C)(C)O2)c2cc(F)cnc21. The van der Waals surface area contributed by atoms with Crippen LogP contribution in [0, 0.1) is 73.6 Å². The summed E-state index contributed by atoms with van der Waals surface area (Å²) < 4.78 is 148. The number of halogens is 9. The van der Waals surface area contributed by atoms with Crippen LogP contribution in [0.3, 0.4) is 0 Å². The molecule has 0 amide bonds. The molecule has 0 aromatic carbocycles. The molecule has 13 heterocycles. The summed E-state index contributed by atoms with van der Waals surface area (Å²) in [7, 11) is 3.16. The summed E-state index contributed by atoms with van der Waals surface area (Å²) in [6, 6.07) is 3.87. The molecule has 6 fully saturated rings. The molecule has 12 aromatic rings. The number of nitrogens with two attached hydrogens (primary N) is 1. The van der Waals surface area contributed by atoms with E-state index in [4.69, 9.17) is 45.6 Å². The number of nitrogens with one attached hydrogen (secondary N) is 6. The fourth-order valence-corrected chi connectivity index (χ4v) is 20.5. The molecule has 12 aromatic heterocycles. The number of fused-ring (bicyclic) bond motifs is 4. The van der Waals surface area contributed by atoms with Crippen LogP contribution in [0.1, 0.15) is 251 Å². The van der Waals surface area contributed by atoms with Gasteiger partial charge in [-0.05, 0) is 183 Å². The first-order chi connectivity index (χ1) is 70.3. The molecule has 796 valence electrons. The molecule has 0 bridgehead atoms. The molecule has 6 aliphatic rings. The van der Waals surface area contributed by atoms with Crippen LogP contribution >= 0.6 is 11.6 Å². The van der Waals surface area contributed by atoms with E-state index in [9.17, 15) is 64.2 Å². The lowest BCUT2D eigenvalue weighted by Gasteiger charge is -2.34. The van der Waals surface area contributed by atoms with Gasteiger partial charge >= 0.3 is 37.0 Å². The Hall–Kier alpha value is -12.8. The highest BCUT2D eigenvalue weighted by Gasteiger charge is 2.53. The molecule has 35 nitrogen and oxygen atoms in total. The second kappa shape index (κ2) is 48.6. The first-order valence-electron chi connectivity index (χ1n) is 50.3. The number of rotatable bonds is 31. The average molecular weight is 2080 g/mol. The molecule has 5 aliphatic carbocycles. The van der Waals surface area contributed by atoms with Crippen LogP contribution in [0.4, 0.5) is 58.4 Å². The van der Waals surface area contributed by atoms with E-state index in [0.717, 1.165) is 175 Å². The van der Waals surface area contributed by atoms with Crippen molar-refractivity contribution in [1.82, 2.24) is 89.3 Å². The average Bonchev–Trinajstić information content (AvgIpc) is 1.59. The number of hydrogen-bond acceptors (Lipinski definition) is 30. The molecule has 45 heteroatoms. The van der Waals surface area contributed by atoms with Gasteiger partial charge in [-0.15, -0.1) is 0 Å². The van der Waals surface area contributed by atoms with Crippen LogP contribution in [0.15, 0.2) is 86.2 Å². The Morgan fingerprint density at radius 1 is 0.412 bits per heavy atom. The summed E-state index contributed by atoms with van der Waals surface area (Å²) in [5, 5.41) is 37.1. The summed E-state index contributed by atoms with van der Waals surface area (Å²) in [5.74, 6) is -6.13. The van der Waals surface area contributed by atoms with Gasteiger partial charge in [0.25, 0.3) is 0 Å². The number of carboxylic acids is 1. The summed E-state index contributed by atoms with van der Waals surface area (Å²) in [5.41, 5.74) is 8.49. The van der Waals surface area contributed by atoms with Gasteiger partial charge in [-0.1, -0.05) is 98.8 Å². The Labute approximate surface area is 857 Å². The molecular weight excluding hydrogens is 1950 g/mol. The number of aromatic amines is 2. The van der Waals surface area contributed by atoms with Crippen LogP contribution in [0.2, 0.25) is 5.28 Å². The number of pyridine rings is 4. The van der Waals surface area contributed by atoms with E-state index in [1.165, 1.54) is 43.3 Å².